The van der Waals surface area contributed by atoms with Crippen molar-refractivity contribution in [3.8, 4) is 0 Å². The molecule has 1 fully saturated rings. The van der Waals surface area contributed by atoms with Crippen LogP contribution in [-0.4, -0.2) is 15.9 Å². The molecule has 0 bridgehead atoms. The van der Waals surface area contributed by atoms with Crippen LogP contribution >= 0.6 is 11.6 Å². The molecule has 0 aliphatic heterocycles. The molecule has 0 unspecified atom stereocenters. The molecule has 0 saturated heterocycles. The van der Waals surface area contributed by atoms with Gasteiger partial charge in [0.15, 0.2) is 5.82 Å². The maximum Gasteiger partial charge on any atom is 0.229 e. The maximum atomic E-state index is 13.5. The summed E-state index contributed by atoms with van der Waals surface area (Å²) in [4.78, 5) is 18.6. The summed E-state index contributed by atoms with van der Waals surface area (Å²) in [5.74, 6) is -1.18. The number of nitrogens with zero attached hydrogens (tertiary/aromatic N) is 2. The normalized spacial score (nSPS) is 18.3. The summed E-state index contributed by atoms with van der Waals surface area (Å²) in [6, 6.07) is 0. The maximum absolute atomic E-state index is 13.5. The van der Waals surface area contributed by atoms with E-state index in [0.717, 1.165) is 12.6 Å². The lowest BCUT2D eigenvalue weighted by molar-refractivity contribution is -0.126. The smallest absolute Gasteiger partial charge is 0.229 e. The molecule has 0 radical (unpaired) electrons. The van der Waals surface area contributed by atoms with Crippen LogP contribution in [0.15, 0.2) is 6.20 Å². The Kier molecular flexibility index (Phi) is 2.34. The van der Waals surface area contributed by atoms with Crippen LogP contribution < -0.4 is 5.73 Å². The summed E-state index contributed by atoms with van der Waals surface area (Å²) in [5, 5.41) is -0.0704. The van der Waals surface area contributed by atoms with Crippen molar-refractivity contribution in [2.75, 3.05) is 0 Å². The van der Waals surface area contributed by atoms with E-state index >= 15 is 0 Å². The van der Waals surface area contributed by atoms with Gasteiger partial charge in [-0.1, -0.05) is 6.42 Å². The second-order valence-corrected chi connectivity index (χ2v) is 3.97. The number of nitrogens with two attached hydrogens (primary N) is 1. The second-order valence-electron chi connectivity index (χ2n) is 3.64. The van der Waals surface area contributed by atoms with Crippen LogP contribution in [0.5, 0.6) is 0 Å². The molecule has 1 aromatic heterocycles. The Bertz CT molecular complexity index is 420. The first-order valence-electron chi connectivity index (χ1n) is 4.55. The van der Waals surface area contributed by atoms with Gasteiger partial charge in [0.05, 0.1) is 17.3 Å². The van der Waals surface area contributed by atoms with Gasteiger partial charge < -0.3 is 5.73 Å². The Balaban J connectivity index is 2.51. The molecule has 1 saturated carbocycles. The first kappa shape index (κ1) is 10.3. The number of carbonyl (C=O) groups excluding carboxylic acids is 1. The zero-order valence-corrected chi connectivity index (χ0v) is 8.59. The SMILES string of the molecule is NC(=O)C1(c2nc(Cl)ncc2F)CCC1. The van der Waals surface area contributed by atoms with Gasteiger partial charge >= 0.3 is 0 Å². The molecule has 1 amide bonds. The minimum Gasteiger partial charge on any atom is -0.369 e. The van der Waals surface area contributed by atoms with E-state index in [0.29, 0.717) is 12.8 Å². The number of primary amides is 1. The molecule has 6 heteroatoms. The summed E-state index contributed by atoms with van der Waals surface area (Å²) in [6.45, 7) is 0. The average Bonchev–Trinajstić information content (AvgIpc) is 2.08. The first-order chi connectivity index (χ1) is 7.06. The molecule has 1 aliphatic carbocycles. The average molecular weight is 230 g/mol. The van der Waals surface area contributed by atoms with Gasteiger partial charge in [0.2, 0.25) is 11.2 Å². The lowest BCUT2D eigenvalue weighted by Crippen LogP contribution is -2.48. The Morgan fingerprint density at radius 3 is 2.73 bits per heavy atom. The lowest BCUT2D eigenvalue weighted by atomic mass is 9.66. The molecular weight excluding hydrogens is 221 g/mol. The number of carbonyl (C=O) groups is 1. The Morgan fingerprint density at radius 1 is 1.60 bits per heavy atom. The van der Waals surface area contributed by atoms with Crippen LogP contribution in [0.2, 0.25) is 5.28 Å². The van der Waals surface area contributed by atoms with Gasteiger partial charge in [-0.05, 0) is 24.4 Å². The van der Waals surface area contributed by atoms with E-state index in [4.69, 9.17) is 17.3 Å². The third kappa shape index (κ3) is 1.47. The summed E-state index contributed by atoms with van der Waals surface area (Å²) in [6.07, 6.45) is 2.84. The Hall–Kier alpha value is -1.23. The number of hydrogen-bond acceptors (Lipinski definition) is 3. The number of rotatable bonds is 2. The van der Waals surface area contributed by atoms with Crippen LogP contribution in [0.4, 0.5) is 4.39 Å². The van der Waals surface area contributed by atoms with Gasteiger partial charge in [-0.3, -0.25) is 4.79 Å². The highest BCUT2D eigenvalue weighted by atomic mass is 35.5. The van der Waals surface area contributed by atoms with Gasteiger partial charge in [0.25, 0.3) is 0 Å². The van der Waals surface area contributed by atoms with Crippen LogP contribution in [0, 0.1) is 5.82 Å². The highest BCUT2D eigenvalue weighted by Crippen LogP contribution is 2.43. The Morgan fingerprint density at radius 2 is 2.27 bits per heavy atom. The van der Waals surface area contributed by atoms with E-state index in [-0.39, 0.29) is 11.0 Å². The van der Waals surface area contributed by atoms with Crippen molar-refractivity contribution in [3.05, 3.63) is 23.0 Å². The van der Waals surface area contributed by atoms with E-state index < -0.39 is 17.1 Å². The van der Waals surface area contributed by atoms with E-state index in [1.165, 1.54) is 0 Å². The first-order valence-corrected chi connectivity index (χ1v) is 4.92. The third-order valence-electron chi connectivity index (χ3n) is 2.85. The minimum absolute atomic E-state index is 0.0289. The quantitative estimate of drug-likeness (QED) is 0.775. The molecular formula is C9H9ClFN3O. The van der Waals surface area contributed by atoms with E-state index in [9.17, 15) is 9.18 Å². The number of halogens is 2. The van der Waals surface area contributed by atoms with Crippen molar-refractivity contribution < 1.29 is 9.18 Å². The second kappa shape index (κ2) is 3.41. The molecule has 4 nitrogen and oxygen atoms in total. The molecule has 15 heavy (non-hydrogen) atoms. The van der Waals surface area contributed by atoms with Crippen molar-refractivity contribution in [2.24, 2.45) is 5.73 Å². The Labute approximate surface area is 90.7 Å². The highest BCUT2D eigenvalue weighted by molar-refractivity contribution is 6.28. The van der Waals surface area contributed by atoms with E-state index in [1.54, 1.807) is 0 Å². The van der Waals surface area contributed by atoms with Crippen LogP contribution in [0.25, 0.3) is 0 Å². The summed E-state index contributed by atoms with van der Waals surface area (Å²) >= 11 is 5.57. The van der Waals surface area contributed by atoms with Crippen molar-refractivity contribution in [2.45, 2.75) is 24.7 Å². The van der Waals surface area contributed by atoms with Crippen LogP contribution in [-0.2, 0) is 10.2 Å². The molecule has 0 atom stereocenters. The van der Waals surface area contributed by atoms with E-state index in [1.807, 2.05) is 0 Å². The van der Waals surface area contributed by atoms with Crippen molar-refractivity contribution in [3.63, 3.8) is 0 Å². The molecule has 0 aromatic carbocycles. The van der Waals surface area contributed by atoms with Crippen molar-refractivity contribution >= 4 is 17.5 Å². The van der Waals surface area contributed by atoms with Crippen molar-refractivity contribution in [1.29, 1.82) is 0 Å². The molecule has 0 spiro atoms. The standard InChI is InChI=1S/C9H9ClFN3O/c10-8-13-4-5(11)6(14-8)9(7(12)15)2-1-3-9/h4H,1-3H2,(H2,12,15). The topological polar surface area (TPSA) is 68.9 Å². The monoisotopic (exact) mass is 229 g/mol. The highest BCUT2D eigenvalue weighted by Gasteiger charge is 2.47. The minimum atomic E-state index is -0.976. The predicted molar refractivity (Wildman–Crippen MR) is 51.7 cm³/mol. The molecule has 1 aromatic rings. The lowest BCUT2D eigenvalue weighted by Gasteiger charge is -2.38. The third-order valence-corrected chi connectivity index (χ3v) is 3.03. The van der Waals surface area contributed by atoms with Crippen LogP contribution in [0.1, 0.15) is 25.0 Å². The fraction of sp³-hybridized carbons (Fsp3) is 0.444. The fourth-order valence-corrected chi connectivity index (χ4v) is 1.94. The molecule has 2 N–H and O–H groups in total. The van der Waals surface area contributed by atoms with Gasteiger partial charge in [-0.25, -0.2) is 14.4 Å². The predicted octanol–water partition coefficient (Wildman–Crippen LogP) is 1.18. The number of aromatic nitrogens is 2. The summed E-state index contributed by atoms with van der Waals surface area (Å²) < 4.78 is 13.5. The zero-order chi connectivity index (χ0) is 11.1. The molecule has 2 rings (SSSR count). The van der Waals surface area contributed by atoms with Crippen molar-refractivity contribution in [1.82, 2.24) is 9.97 Å². The van der Waals surface area contributed by atoms with Gasteiger partial charge in [-0.2, -0.15) is 0 Å². The zero-order valence-electron chi connectivity index (χ0n) is 7.83. The van der Waals surface area contributed by atoms with Gasteiger partial charge in [0, 0.05) is 0 Å². The number of hydrogen-bond donors (Lipinski definition) is 1. The molecule has 1 heterocycles. The fourth-order valence-electron chi connectivity index (χ4n) is 1.81. The largest absolute Gasteiger partial charge is 0.369 e. The summed E-state index contributed by atoms with van der Waals surface area (Å²) in [7, 11) is 0. The molecule has 1 aliphatic rings. The van der Waals surface area contributed by atoms with Gasteiger partial charge in [0.1, 0.15) is 0 Å². The van der Waals surface area contributed by atoms with Gasteiger partial charge in [-0.15, -0.1) is 0 Å². The number of amides is 1. The molecule has 80 valence electrons. The van der Waals surface area contributed by atoms with E-state index in [2.05, 4.69) is 9.97 Å². The van der Waals surface area contributed by atoms with Crippen LogP contribution in [0.3, 0.4) is 0 Å². The summed E-state index contributed by atoms with van der Waals surface area (Å²) in [5.41, 5.74) is 4.33.